The lowest BCUT2D eigenvalue weighted by Crippen LogP contribution is -2.17. The number of nitrogens with zero attached hydrogens (tertiary/aromatic N) is 8. The van der Waals surface area contributed by atoms with Crippen molar-refractivity contribution in [1.82, 2.24) is 38.3 Å². The van der Waals surface area contributed by atoms with Crippen LogP contribution in [0.5, 0.6) is 0 Å². The number of aryl methyl sites for hydroxylation is 2. The van der Waals surface area contributed by atoms with E-state index in [1.165, 1.54) is 12.1 Å². The van der Waals surface area contributed by atoms with Gasteiger partial charge in [0.15, 0.2) is 0 Å². The summed E-state index contributed by atoms with van der Waals surface area (Å²) in [5.41, 5.74) is 6.01. The molecule has 0 aliphatic rings. The molecule has 0 bridgehead atoms. The summed E-state index contributed by atoms with van der Waals surface area (Å²) in [4.78, 5) is 34.2. The molecule has 0 aromatic carbocycles. The third-order valence-corrected chi connectivity index (χ3v) is 5.97. The maximum absolute atomic E-state index is 12.5. The first-order valence-corrected chi connectivity index (χ1v) is 11.4. The van der Waals surface area contributed by atoms with Gasteiger partial charge in [-0.3, -0.25) is 27.8 Å². The second-order valence-corrected chi connectivity index (χ2v) is 8.89. The molecular formula is C26H22N8O2. The lowest BCUT2D eigenvalue weighted by Gasteiger charge is -2.05. The van der Waals surface area contributed by atoms with Gasteiger partial charge in [-0.15, -0.1) is 0 Å². The highest BCUT2D eigenvalue weighted by Gasteiger charge is 2.10. The van der Waals surface area contributed by atoms with Crippen molar-refractivity contribution in [2.75, 3.05) is 0 Å². The van der Waals surface area contributed by atoms with Gasteiger partial charge in [-0.05, 0) is 37.1 Å². The zero-order valence-electron chi connectivity index (χ0n) is 19.7. The molecular weight excluding hydrogens is 456 g/mol. The Hall–Kier alpha value is -4.86. The Morgan fingerprint density at radius 2 is 1.08 bits per heavy atom. The first-order chi connectivity index (χ1) is 17.4. The van der Waals surface area contributed by atoms with Crippen LogP contribution in [0.25, 0.3) is 22.4 Å². The molecule has 178 valence electrons. The molecule has 6 aromatic heterocycles. The third-order valence-electron chi connectivity index (χ3n) is 5.97. The molecule has 6 heterocycles. The van der Waals surface area contributed by atoms with Gasteiger partial charge in [0.1, 0.15) is 11.3 Å². The number of pyridine rings is 2. The largest absolute Gasteiger partial charge is 0.269 e. The molecule has 6 rings (SSSR count). The molecule has 36 heavy (non-hydrogen) atoms. The summed E-state index contributed by atoms with van der Waals surface area (Å²) in [6.07, 6.45) is 10.8. The van der Waals surface area contributed by atoms with Crippen molar-refractivity contribution in [2.24, 2.45) is 0 Å². The molecule has 0 saturated carbocycles. The maximum atomic E-state index is 12.5. The molecule has 0 aliphatic carbocycles. The number of rotatable bonds is 5. The van der Waals surface area contributed by atoms with E-state index in [1.807, 2.05) is 50.5 Å². The summed E-state index contributed by atoms with van der Waals surface area (Å²) in [5, 5.41) is 8.86. The summed E-state index contributed by atoms with van der Waals surface area (Å²) in [6, 6.07) is 10.6. The van der Waals surface area contributed by atoms with Crippen LogP contribution < -0.4 is 11.1 Å². The van der Waals surface area contributed by atoms with E-state index in [4.69, 9.17) is 0 Å². The van der Waals surface area contributed by atoms with Gasteiger partial charge < -0.3 is 0 Å². The van der Waals surface area contributed by atoms with Crippen molar-refractivity contribution in [3.63, 3.8) is 0 Å². The predicted molar refractivity (Wildman–Crippen MR) is 134 cm³/mol. The Morgan fingerprint density at radius 3 is 1.53 bits per heavy atom. The van der Waals surface area contributed by atoms with Gasteiger partial charge in [-0.2, -0.15) is 10.2 Å². The quantitative estimate of drug-likeness (QED) is 0.377. The summed E-state index contributed by atoms with van der Waals surface area (Å²) in [6.45, 7) is 4.62. The van der Waals surface area contributed by atoms with E-state index >= 15 is 0 Å². The van der Waals surface area contributed by atoms with Crippen molar-refractivity contribution in [1.29, 1.82) is 0 Å². The van der Waals surface area contributed by atoms with Gasteiger partial charge in [0.25, 0.3) is 11.1 Å². The third kappa shape index (κ3) is 4.09. The van der Waals surface area contributed by atoms with E-state index in [-0.39, 0.29) is 11.1 Å². The fourth-order valence-corrected chi connectivity index (χ4v) is 4.21. The Morgan fingerprint density at radius 1 is 0.639 bits per heavy atom. The topological polar surface area (TPSA) is 104 Å². The van der Waals surface area contributed by atoms with E-state index in [9.17, 15) is 9.59 Å². The molecule has 0 N–H and O–H groups in total. The van der Waals surface area contributed by atoms with E-state index in [1.54, 1.807) is 43.0 Å². The second-order valence-electron chi connectivity index (χ2n) is 8.89. The zero-order valence-corrected chi connectivity index (χ0v) is 19.7. The van der Waals surface area contributed by atoms with Crippen molar-refractivity contribution in [3.05, 3.63) is 117 Å². The second kappa shape index (κ2) is 8.42. The highest BCUT2D eigenvalue weighted by Crippen LogP contribution is 2.18. The van der Waals surface area contributed by atoms with Gasteiger partial charge in [0.05, 0.1) is 36.9 Å². The maximum Gasteiger partial charge on any atom is 0.258 e. The zero-order chi connectivity index (χ0) is 24.8. The molecule has 10 heteroatoms. The SMILES string of the molecule is Cc1ccc2nc(Cn3cc(-c4cnn(Cc5cc(=O)n6cc(C)ccc6n5)c4)cn3)cc(=O)n2c1. The fourth-order valence-electron chi connectivity index (χ4n) is 4.21. The van der Waals surface area contributed by atoms with E-state index in [0.29, 0.717) is 35.8 Å². The summed E-state index contributed by atoms with van der Waals surface area (Å²) >= 11 is 0. The van der Waals surface area contributed by atoms with Crippen LogP contribution in [0.15, 0.2) is 83.2 Å². The van der Waals surface area contributed by atoms with Crippen LogP contribution >= 0.6 is 0 Å². The van der Waals surface area contributed by atoms with Crippen LogP contribution in [0.2, 0.25) is 0 Å². The Balaban J connectivity index is 1.21. The first-order valence-electron chi connectivity index (χ1n) is 11.4. The Kier molecular flexibility index (Phi) is 5.06. The molecule has 6 aromatic rings. The van der Waals surface area contributed by atoms with Gasteiger partial charge in [0, 0.05) is 48.0 Å². The van der Waals surface area contributed by atoms with Crippen LogP contribution in [0, 0.1) is 13.8 Å². The molecule has 0 spiro atoms. The van der Waals surface area contributed by atoms with Crippen molar-refractivity contribution < 1.29 is 0 Å². The standard InChI is InChI=1S/C26H22N8O2/c1-17-3-5-23-29-21(7-25(35)33(23)11-17)15-31-13-19(9-27-31)20-10-28-32(14-20)16-22-8-26(36)34-12-18(2)4-6-24(34)30-22/h3-14H,15-16H2,1-2H3. The number of hydrogen-bond acceptors (Lipinski definition) is 6. The predicted octanol–water partition coefficient (Wildman–Crippen LogP) is 2.48. The van der Waals surface area contributed by atoms with Crippen LogP contribution in [0.3, 0.4) is 0 Å². The molecule has 0 unspecified atom stereocenters. The van der Waals surface area contributed by atoms with Crippen LogP contribution in [-0.2, 0) is 13.1 Å². The Bertz CT molecular complexity index is 1740. The van der Waals surface area contributed by atoms with Crippen molar-refractivity contribution in [3.8, 4) is 11.1 Å². The summed E-state index contributed by atoms with van der Waals surface area (Å²) in [7, 11) is 0. The lowest BCUT2D eigenvalue weighted by atomic mass is 10.2. The highest BCUT2D eigenvalue weighted by molar-refractivity contribution is 5.59. The molecule has 0 atom stereocenters. The van der Waals surface area contributed by atoms with Crippen molar-refractivity contribution >= 4 is 11.3 Å². The first kappa shape index (κ1) is 21.7. The van der Waals surface area contributed by atoms with E-state index in [2.05, 4.69) is 20.2 Å². The highest BCUT2D eigenvalue weighted by atomic mass is 16.1. The van der Waals surface area contributed by atoms with Gasteiger partial charge in [-0.25, -0.2) is 9.97 Å². The van der Waals surface area contributed by atoms with E-state index in [0.717, 1.165) is 22.3 Å². The number of hydrogen-bond donors (Lipinski definition) is 0. The normalized spacial score (nSPS) is 11.5. The lowest BCUT2D eigenvalue weighted by molar-refractivity contribution is 0.670. The summed E-state index contributed by atoms with van der Waals surface area (Å²) < 4.78 is 6.57. The number of fused-ring (bicyclic) bond motifs is 2. The minimum Gasteiger partial charge on any atom is -0.269 e. The minimum atomic E-state index is -0.121. The molecule has 10 nitrogen and oxygen atoms in total. The van der Waals surface area contributed by atoms with Gasteiger partial charge in [-0.1, -0.05) is 12.1 Å². The van der Waals surface area contributed by atoms with Crippen molar-refractivity contribution in [2.45, 2.75) is 26.9 Å². The van der Waals surface area contributed by atoms with Crippen LogP contribution in [0.1, 0.15) is 22.5 Å². The molecule has 0 fully saturated rings. The molecule has 0 aliphatic heterocycles. The molecule has 0 amide bonds. The molecule has 0 radical (unpaired) electrons. The van der Waals surface area contributed by atoms with E-state index < -0.39 is 0 Å². The van der Waals surface area contributed by atoms with Gasteiger partial charge in [0.2, 0.25) is 0 Å². The fraction of sp³-hybridized carbons (Fsp3) is 0.154. The van der Waals surface area contributed by atoms with Gasteiger partial charge >= 0.3 is 0 Å². The monoisotopic (exact) mass is 478 g/mol. The smallest absolute Gasteiger partial charge is 0.258 e. The summed E-state index contributed by atoms with van der Waals surface area (Å²) in [5.74, 6) is 0. The number of aromatic nitrogens is 8. The van der Waals surface area contributed by atoms with Crippen LogP contribution in [-0.4, -0.2) is 38.3 Å². The average molecular weight is 479 g/mol. The van der Waals surface area contributed by atoms with Crippen LogP contribution in [0.4, 0.5) is 0 Å². The minimum absolute atomic E-state index is 0.121. The Labute approximate surface area is 204 Å². The average Bonchev–Trinajstić information content (AvgIpc) is 3.50. The molecule has 0 saturated heterocycles.